The predicted octanol–water partition coefficient (Wildman–Crippen LogP) is 3.05. The van der Waals surface area contributed by atoms with Crippen molar-refractivity contribution in [3.05, 3.63) is 69.4 Å². The summed E-state index contributed by atoms with van der Waals surface area (Å²) in [6, 6.07) is 7.70. The van der Waals surface area contributed by atoms with Crippen LogP contribution >= 0.6 is 11.6 Å². The van der Waals surface area contributed by atoms with Crippen molar-refractivity contribution in [2.24, 2.45) is 0 Å². The average molecular weight is 335 g/mol. The lowest BCUT2D eigenvalue weighted by Gasteiger charge is -2.17. The summed E-state index contributed by atoms with van der Waals surface area (Å²) >= 11 is 5.72. The monoisotopic (exact) mass is 334 g/mol. The van der Waals surface area contributed by atoms with Crippen molar-refractivity contribution in [3.63, 3.8) is 0 Å². The maximum absolute atomic E-state index is 13.8. The van der Waals surface area contributed by atoms with Gasteiger partial charge in [0.2, 0.25) is 0 Å². The Morgan fingerprint density at radius 3 is 2.96 bits per heavy atom. The van der Waals surface area contributed by atoms with Gasteiger partial charge in [-0.1, -0.05) is 23.7 Å². The highest BCUT2D eigenvalue weighted by Gasteiger charge is 2.11. The molecule has 0 spiro atoms. The van der Waals surface area contributed by atoms with E-state index in [0.717, 1.165) is 25.2 Å². The third-order valence-corrected chi connectivity index (χ3v) is 3.90. The number of hydrogen-bond acceptors (Lipinski definition) is 3. The first-order valence-corrected chi connectivity index (χ1v) is 7.71. The molecular formula is C17H16ClFN2O2. The summed E-state index contributed by atoms with van der Waals surface area (Å²) in [5.74, 6) is -0.254. The first kappa shape index (κ1) is 15.8. The molecular weight excluding hydrogens is 319 g/mol. The Bertz CT molecular complexity index is 801. The van der Waals surface area contributed by atoms with Crippen LogP contribution in [0.5, 0.6) is 5.75 Å². The zero-order valence-corrected chi connectivity index (χ0v) is 13.1. The highest BCUT2D eigenvalue weighted by atomic mass is 35.5. The molecule has 0 amide bonds. The first-order valence-electron chi connectivity index (χ1n) is 7.33. The van der Waals surface area contributed by atoms with Gasteiger partial charge in [0.25, 0.3) is 5.56 Å². The topological polar surface area (TPSA) is 43.3 Å². The van der Waals surface area contributed by atoms with Crippen LogP contribution in [0.1, 0.15) is 12.0 Å². The Balaban J connectivity index is 1.81. The van der Waals surface area contributed by atoms with Crippen molar-refractivity contribution < 1.29 is 9.13 Å². The fraction of sp³-hybridized carbons (Fsp3) is 0.235. The van der Waals surface area contributed by atoms with Gasteiger partial charge in [0, 0.05) is 42.0 Å². The Morgan fingerprint density at radius 1 is 1.35 bits per heavy atom. The van der Waals surface area contributed by atoms with Crippen molar-refractivity contribution >= 4 is 17.3 Å². The van der Waals surface area contributed by atoms with E-state index in [-0.39, 0.29) is 17.9 Å². The van der Waals surface area contributed by atoms with Crippen molar-refractivity contribution in [1.82, 2.24) is 9.88 Å². The van der Waals surface area contributed by atoms with E-state index in [1.165, 1.54) is 6.07 Å². The number of nitrogens with zero attached hydrogens (tertiary/aromatic N) is 1. The van der Waals surface area contributed by atoms with E-state index in [9.17, 15) is 9.18 Å². The van der Waals surface area contributed by atoms with Crippen molar-refractivity contribution in [3.8, 4) is 5.75 Å². The zero-order chi connectivity index (χ0) is 16.2. The van der Waals surface area contributed by atoms with E-state index in [1.54, 1.807) is 35.0 Å². The molecule has 0 fully saturated rings. The van der Waals surface area contributed by atoms with Crippen LogP contribution in [0.25, 0.3) is 5.70 Å². The lowest BCUT2D eigenvalue weighted by atomic mass is 10.2. The summed E-state index contributed by atoms with van der Waals surface area (Å²) in [5, 5.41) is 3.53. The van der Waals surface area contributed by atoms with Crippen molar-refractivity contribution in [2.75, 3.05) is 13.1 Å². The Hall–Kier alpha value is -2.11. The molecule has 0 saturated carbocycles. The standard InChI is InChI=1S/C17H16ClFN2O2/c18-13-4-3-12(15(19)10-13)11-23-16-2-1-9-21(17(16)22)14-5-7-20-8-6-14/h1-5,9-10,20H,6-8,11H2. The van der Waals surface area contributed by atoms with Gasteiger partial charge in [-0.25, -0.2) is 4.39 Å². The molecule has 120 valence electrons. The molecule has 1 aliphatic rings. The summed E-state index contributed by atoms with van der Waals surface area (Å²) in [6.07, 6.45) is 4.47. The molecule has 2 aromatic rings. The number of benzene rings is 1. The van der Waals surface area contributed by atoms with E-state index >= 15 is 0 Å². The normalized spacial score (nSPS) is 14.4. The molecule has 2 heterocycles. The van der Waals surface area contributed by atoms with Crippen LogP contribution in [-0.4, -0.2) is 17.7 Å². The molecule has 0 atom stereocenters. The van der Waals surface area contributed by atoms with Crippen molar-refractivity contribution in [1.29, 1.82) is 0 Å². The number of hydrogen-bond donors (Lipinski definition) is 1. The van der Waals surface area contributed by atoms with E-state index in [0.29, 0.717) is 10.6 Å². The maximum Gasteiger partial charge on any atom is 0.297 e. The smallest absolute Gasteiger partial charge is 0.297 e. The fourth-order valence-corrected chi connectivity index (χ4v) is 2.59. The molecule has 3 rings (SSSR count). The van der Waals surface area contributed by atoms with Crippen LogP contribution in [-0.2, 0) is 6.61 Å². The number of ether oxygens (including phenoxy) is 1. The van der Waals surface area contributed by atoms with Crippen molar-refractivity contribution in [2.45, 2.75) is 13.0 Å². The molecule has 23 heavy (non-hydrogen) atoms. The van der Waals surface area contributed by atoms with Crippen LogP contribution in [0.4, 0.5) is 4.39 Å². The summed E-state index contributed by atoms with van der Waals surface area (Å²) < 4.78 is 20.9. The third-order valence-electron chi connectivity index (χ3n) is 3.66. The second-order valence-corrected chi connectivity index (χ2v) is 5.66. The molecule has 0 saturated heterocycles. The summed E-state index contributed by atoms with van der Waals surface area (Å²) in [5.41, 5.74) is 1.05. The highest BCUT2D eigenvalue weighted by molar-refractivity contribution is 6.30. The number of rotatable bonds is 4. The van der Waals surface area contributed by atoms with Crippen LogP contribution in [0.3, 0.4) is 0 Å². The molecule has 4 nitrogen and oxygen atoms in total. The number of nitrogens with one attached hydrogen (secondary N) is 1. The lowest BCUT2D eigenvalue weighted by molar-refractivity contribution is 0.294. The van der Waals surface area contributed by atoms with Gasteiger partial charge in [-0.05, 0) is 24.3 Å². The van der Waals surface area contributed by atoms with Gasteiger partial charge < -0.3 is 10.1 Å². The van der Waals surface area contributed by atoms with Crippen LogP contribution in [0.15, 0.2) is 47.4 Å². The van der Waals surface area contributed by atoms with E-state index < -0.39 is 5.82 Å². The first-order chi connectivity index (χ1) is 11.1. The maximum atomic E-state index is 13.8. The minimum Gasteiger partial charge on any atom is -0.483 e. The third kappa shape index (κ3) is 3.63. The second-order valence-electron chi connectivity index (χ2n) is 5.22. The minimum absolute atomic E-state index is 0.0249. The zero-order valence-electron chi connectivity index (χ0n) is 12.4. The Kier molecular flexibility index (Phi) is 4.79. The second kappa shape index (κ2) is 6.98. The summed E-state index contributed by atoms with van der Waals surface area (Å²) in [6.45, 7) is 1.55. The summed E-state index contributed by atoms with van der Waals surface area (Å²) in [4.78, 5) is 12.5. The van der Waals surface area contributed by atoms with Crippen LogP contribution < -0.4 is 15.6 Å². The van der Waals surface area contributed by atoms with Gasteiger partial charge in [0.05, 0.1) is 0 Å². The van der Waals surface area contributed by atoms with E-state index in [1.807, 2.05) is 6.08 Å². The quantitative estimate of drug-likeness (QED) is 0.934. The molecule has 1 aromatic heterocycles. The molecule has 6 heteroatoms. The van der Waals surface area contributed by atoms with E-state index in [2.05, 4.69) is 5.32 Å². The number of aromatic nitrogens is 1. The summed E-state index contributed by atoms with van der Waals surface area (Å²) in [7, 11) is 0. The Morgan fingerprint density at radius 2 is 2.22 bits per heavy atom. The fourth-order valence-electron chi connectivity index (χ4n) is 2.43. The molecule has 1 aliphatic heterocycles. The molecule has 0 radical (unpaired) electrons. The van der Waals surface area contributed by atoms with Gasteiger partial charge >= 0.3 is 0 Å². The average Bonchev–Trinajstić information content (AvgIpc) is 2.56. The molecule has 0 aliphatic carbocycles. The van der Waals surface area contributed by atoms with Gasteiger partial charge in [0.1, 0.15) is 12.4 Å². The van der Waals surface area contributed by atoms with Crippen LogP contribution in [0.2, 0.25) is 5.02 Å². The molecule has 0 bridgehead atoms. The van der Waals surface area contributed by atoms with E-state index in [4.69, 9.17) is 16.3 Å². The molecule has 1 aromatic carbocycles. The largest absolute Gasteiger partial charge is 0.483 e. The van der Waals surface area contributed by atoms with Crippen LogP contribution in [0, 0.1) is 5.82 Å². The number of pyridine rings is 1. The minimum atomic E-state index is -0.449. The number of halogens is 2. The molecule has 0 unspecified atom stereocenters. The lowest BCUT2D eigenvalue weighted by Crippen LogP contribution is -2.27. The van der Waals surface area contributed by atoms with Gasteiger partial charge in [-0.3, -0.25) is 9.36 Å². The SMILES string of the molecule is O=c1c(OCc2ccc(Cl)cc2F)cccn1C1=CCNCC1. The predicted molar refractivity (Wildman–Crippen MR) is 88.2 cm³/mol. The molecule has 1 N–H and O–H groups in total. The van der Waals surface area contributed by atoms with Gasteiger partial charge in [0.15, 0.2) is 5.75 Å². The van der Waals surface area contributed by atoms with Gasteiger partial charge in [-0.2, -0.15) is 0 Å². The Labute approximate surface area is 138 Å². The van der Waals surface area contributed by atoms with Gasteiger partial charge in [-0.15, -0.1) is 0 Å². The highest BCUT2D eigenvalue weighted by Crippen LogP contribution is 2.17.